The monoisotopic (exact) mass is 368 g/mol. The van der Waals surface area contributed by atoms with Crippen molar-refractivity contribution in [3.05, 3.63) is 94.0 Å². The van der Waals surface area contributed by atoms with Gasteiger partial charge in [-0.3, -0.25) is 0 Å². The van der Waals surface area contributed by atoms with Crippen molar-refractivity contribution in [2.24, 2.45) is 0 Å². The molecule has 0 atom stereocenters. The summed E-state index contributed by atoms with van der Waals surface area (Å²) in [6, 6.07) is 23.2. The fraction of sp³-hybridized carbons (Fsp3) is 0.357. The zero-order chi connectivity index (χ0) is 20.3. The van der Waals surface area contributed by atoms with Gasteiger partial charge in [0.15, 0.2) is 0 Å². The lowest BCUT2D eigenvalue weighted by molar-refractivity contribution is 0.589. The molecule has 0 saturated heterocycles. The molecule has 0 aromatic heterocycles. The SMILES string of the molecule is Cc1ccccc1C1c2ccc(C(C)(C)C)cc2-c2cc(C(C)(C)C)ccc21. The lowest BCUT2D eigenvalue weighted by Gasteiger charge is -2.21. The van der Waals surface area contributed by atoms with E-state index in [1.54, 1.807) is 0 Å². The molecule has 0 unspecified atom stereocenters. The van der Waals surface area contributed by atoms with Gasteiger partial charge in [-0.2, -0.15) is 0 Å². The normalized spacial score (nSPS) is 14.1. The van der Waals surface area contributed by atoms with Gasteiger partial charge >= 0.3 is 0 Å². The molecule has 1 aliphatic rings. The maximum absolute atomic E-state index is 2.44. The molecule has 0 N–H and O–H groups in total. The highest BCUT2D eigenvalue weighted by Crippen LogP contribution is 2.50. The molecular weight excluding hydrogens is 336 g/mol. The standard InChI is InChI=1S/C28H32/c1-18-10-8-9-11-21(18)26-22-14-12-19(27(2,3)4)16-24(22)25-17-20(28(5,6)7)13-15-23(25)26/h8-17,26H,1-7H3. The van der Waals surface area contributed by atoms with Gasteiger partial charge in [-0.25, -0.2) is 0 Å². The zero-order valence-electron chi connectivity index (χ0n) is 18.4. The van der Waals surface area contributed by atoms with Crippen LogP contribution in [0.25, 0.3) is 11.1 Å². The second-order valence-electron chi connectivity index (χ2n) is 10.4. The van der Waals surface area contributed by atoms with Gasteiger partial charge < -0.3 is 0 Å². The molecule has 0 radical (unpaired) electrons. The number of rotatable bonds is 1. The van der Waals surface area contributed by atoms with Gasteiger partial charge in [0.25, 0.3) is 0 Å². The zero-order valence-corrected chi connectivity index (χ0v) is 18.4. The molecule has 28 heavy (non-hydrogen) atoms. The van der Waals surface area contributed by atoms with Crippen LogP contribution in [0, 0.1) is 6.92 Å². The first-order valence-electron chi connectivity index (χ1n) is 10.4. The lowest BCUT2D eigenvalue weighted by Crippen LogP contribution is -2.11. The third kappa shape index (κ3) is 3.09. The van der Waals surface area contributed by atoms with Crippen molar-refractivity contribution in [2.45, 2.75) is 65.2 Å². The fourth-order valence-corrected chi connectivity index (χ4v) is 4.43. The van der Waals surface area contributed by atoms with Crippen molar-refractivity contribution in [3.8, 4) is 11.1 Å². The first kappa shape index (κ1) is 19.0. The van der Waals surface area contributed by atoms with E-state index in [-0.39, 0.29) is 10.8 Å². The van der Waals surface area contributed by atoms with Crippen LogP contribution in [0.3, 0.4) is 0 Å². The topological polar surface area (TPSA) is 0 Å². The Hall–Kier alpha value is -2.34. The Morgan fingerprint density at radius 2 is 1.04 bits per heavy atom. The molecule has 0 nitrogen and oxygen atoms in total. The molecule has 144 valence electrons. The summed E-state index contributed by atoms with van der Waals surface area (Å²) in [5, 5.41) is 0. The largest absolute Gasteiger partial charge is 0.0620 e. The number of benzene rings is 3. The molecule has 0 heterocycles. The lowest BCUT2D eigenvalue weighted by atomic mass is 9.83. The Labute approximate surface area is 170 Å². The average molecular weight is 369 g/mol. The van der Waals surface area contributed by atoms with Crippen LogP contribution in [0.15, 0.2) is 60.7 Å². The first-order valence-corrected chi connectivity index (χ1v) is 10.4. The summed E-state index contributed by atoms with van der Waals surface area (Å²) in [5.74, 6) is 0.328. The molecule has 1 aliphatic carbocycles. The van der Waals surface area contributed by atoms with Crippen LogP contribution < -0.4 is 0 Å². The Balaban J connectivity index is 2.00. The van der Waals surface area contributed by atoms with Crippen LogP contribution in [0.2, 0.25) is 0 Å². The predicted octanol–water partition coefficient (Wildman–Crippen LogP) is 7.75. The highest BCUT2D eigenvalue weighted by atomic mass is 14.4. The van der Waals surface area contributed by atoms with Crippen molar-refractivity contribution in [1.29, 1.82) is 0 Å². The molecule has 0 fully saturated rings. The average Bonchev–Trinajstić information content (AvgIpc) is 2.94. The molecule has 0 aliphatic heterocycles. The van der Waals surface area contributed by atoms with E-state index in [1.165, 1.54) is 44.5 Å². The maximum Gasteiger partial charge on any atom is 0.0354 e. The third-order valence-electron chi connectivity index (χ3n) is 6.25. The van der Waals surface area contributed by atoms with Crippen molar-refractivity contribution in [3.63, 3.8) is 0 Å². The molecule has 0 saturated carbocycles. The van der Waals surface area contributed by atoms with Gasteiger partial charge in [-0.05, 0) is 62.3 Å². The summed E-state index contributed by atoms with van der Waals surface area (Å²) in [6.45, 7) is 16.0. The van der Waals surface area contributed by atoms with E-state index in [2.05, 4.69) is 109 Å². The fourth-order valence-electron chi connectivity index (χ4n) is 4.43. The van der Waals surface area contributed by atoms with E-state index in [0.717, 1.165) is 0 Å². The quantitative estimate of drug-likeness (QED) is 0.322. The van der Waals surface area contributed by atoms with Gasteiger partial charge in [-0.1, -0.05) is 102 Å². The van der Waals surface area contributed by atoms with Gasteiger partial charge in [0, 0.05) is 5.92 Å². The number of hydrogen-bond donors (Lipinski definition) is 0. The van der Waals surface area contributed by atoms with Crippen molar-refractivity contribution in [2.75, 3.05) is 0 Å². The summed E-state index contributed by atoms with van der Waals surface area (Å²) in [7, 11) is 0. The molecule has 4 rings (SSSR count). The minimum atomic E-state index is 0.150. The van der Waals surface area contributed by atoms with Crippen molar-refractivity contribution in [1.82, 2.24) is 0 Å². The van der Waals surface area contributed by atoms with Crippen LogP contribution in [-0.2, 0) is 10.8 Å². The highest BCUT2D eigenvalue weighted by molar-refractivity contribution is 5.82. The Bertz CT molecular complexity index is 975. The van der Waals surface area contributed by atoms with E-state index in [1.807, 2.05) is 0 Å². The molecule has 0 bridgehead atoms. The summed E-state index contributed by atoms with van der Waals surface area (Å²) >= 11 is 0. The minimum Gasteiger partial charge on any atom is -0.0620 e. The molecule has 3 aromatic carbocycles. The van der Waals surface area contributed by atoms with Gasteiger partial charge in [0.2, 0.25) is 0 Å². The number of hydrogen-bond acceptors (Lipinski definition) is 0. The smallest absolute Gasteiger partial charge is 0.0354 e. The van der Waals surface area contributed by atoms with Gasteiger partial charge in [-0.15, -0.1) is 0 Å². The van der Waals surface area contributed by atoms with Crippen LogP contribution in [0.1, 0.15) is 80.8 Å². The Morgan fingerprint density at radius 1 is 0.571 bits per heavy atom. The maximum atomic E-state index is 2.44. The molecule has 0 amide bonds. The van der Waals surface area contributed by atoms with Gasteiger partial charge in [0.05, 0.1) is 0 Å². The molecular formula is C28H32. The summed E-state index contributed by atoms with van der Waals surface area (Å²) < 4.78 is 0. The van der Waals surface area contributed by atoms with Crippen LogP contribution in [0.4, 0.5) is 0 Å². The Kier molecular flexibility index (Phi) is 4.30. The van der Waals surface area contributed by atoms with Crippen molar-refractivity contribution >= 4 is 0 Å². The molecule has 0 spiro atoms. The van der Waals surface area contributed by atoms with E-state index < -0.39 is 0 Å². The summed E-state index contributed by atoms with van der Waals surface area (Å²) in [5.41, 5.74) is 11.6. The highest BCUT2D eigenvalue weighted by Gasteiger charge is 2.32. The van der Waals surface area contributed by atoms with E-state index in [4.69, 9.17) is 0 Å². The van der Waals surface area contributed by atoms with Crippen LogP contribution in [0.5, 0.6) is 0 Å². The van der Waals surface area contributed by atoms with E-state index >= 15 is 0 Å². The number of fused-ring (bicyclic) bond motifs is 3. The van der Waals surface area contributed by atoms with Crippen LogP contribution >= 0.6 is 0 Å². The van der Waals surface area contributed by atoms with E-state index in [0.29, 0.717) is 5.92 Å². The second-order valence-corrected chi connectivity index (χ2v) is 10.4. The summed E-state index contributed by atoms with van der Waals surface area (Å²) in [4.78, 5) is 0. The summed E-state index contributed by atoms with van der Waals surface area (Å²) in [6.07, 6.45) is 0. The minimum absolute atomic E-state index is 0.150. The number of aryl methyl sites for hydroxylation is 1. The first-order chi connectivity index (χ1) is 13.1. The third-order valence-corrected chi connectivity index (χ3v) is 6.25. The molecule has 0 heteroatoms. The predicted molar refractivity (Wildman–Crippen MR) is 121 cm³/mol. The van der Waals surface area contributed by atoms with Crippen LogP contribution in [-0.4, -0.2) is 0 Å². The Morgan fingerprint density at radius 3 is 1.46 bits per heavy atom. The van der Waals surface area contributed by atoms with E-state index in [9.17, 15) is 0 Å². The van der Waals surface area contributed by atoms with Crippen molar-refractivity contribution < 1.29 is 0 Å². The molecule has 3 aromatic rings. The van der Waals surface area contributed by atoms with Gasteiger partial charge in [0.1, 0.15) is 0 Å². The second kappa shape index (κ2) is 6.34.